The molecule has 0 amide bonds. The highest BCUT2D eigenvalue weighted by Gasteiger charge is 2.22. The number of nitrogens with zero attached hydrogens (tertiary/aromatic N) is 1. The molecule has 3 nitrogen and oxygen atoms in total. The van der Waals surface area contributed by atoms with Gasteiger partial charge in [-0.2, -0.15) is 0 Å². The molecule has 0 atom stereocenters. The van der Waals surface area contributed by atoms with Crippen LogP contribution in [0.2, 0.25) is 0 Å². The average molecular weight is 299 g/mol. The number of halogens is 2. The van der Waals surface area contributed by atoms with Crippen molar-refractivity contribution in [3.05, 3.63) is 77.0 Å². The molecular formula is C17H11F2NO2. The van der Waals surface area contributed by atoms with Crippen LogP contribution in [0.25, 0.3) is 6.08 Å². The first-order chi connectivity index (χ1) is 10.6. The Morgan fingerprint density at radius 3 is 2.18 bits per heavy atom. The van der Waals surface area contributed by atoms with E-state index in [1.54, 1.807) is 24.3 Å². The van der Waals surface area contributed by atoms with Crippen LogP contribution >= 0.6 is 0 Å². The fourth-order valence-corrected chi connectivity index (χ4v) is 2.02. The highest BCUT2D eigenvalue weighted by molar-refractivity contribution is 6.07. The summed E-state index contributed by atoms with van der Waals surface area (Å²) in [5.74, 6) is -0.978. The smallest absolute Gasteiger partial charge is 0.363 e. The van der Waals surface area contributed by atoms with Gasteiger partial charge in [-0.05, 0) is 41.5 Å². The first-order valence-electron chi connectivity index (χ1n) is 6.61. The second kappa shape index (κ2) is 5.89. The molecule has 0 saturated carbocycles. The summed E-state index contributed by atoms with van der Waals surface area (Å²) in [6.07, 6.45) is 1.83. The summed E-state index contributed by atoms with van der Waals surface area (Å²) >= 11 is 0. The first kappa shape index (κ1) is 14.1. The zero-order chi connectivity index (χ0) is 15.5. The third-order valence-electron chi connectivity index (χ3n) is 3.11. The Labute approximate surface area is 125 Å². The Morgan fingerprint density at radius 2 is 1.55 bits per heavy atom. The van der Waals surface area contributed by atoms with E-state index in [9.17, 15) is 13.6 Å². The molecule has 22 heavy (non-hydrogen) atoms. The maximum Gasteiger partial charge on any atom is 0.363 e. The molecule has 2 aromatic rings. The minimum Gasteiger partial charge on any atom is -0.406 e. The van der Waals surface area contributed by atoms with Crippen molar-refractivity contribution in [2.24, 2.45) is 4.99 Å². The molecule has 0 aromatic heterocycles. The van der Waals surface area contributed by atoms with Crippen molar-refractivity contribution in [3.63, 3.8) is 0 Å². The van der Waals surface area contributed by atoms with Crippen molar-refractivity contribution in [1.29, 1.82) is 0 Å². The van der Waals surface area contributed by atoms with Crippen molar-refractivity contribution < 1.29 is 18.3 Å². The molecule has 3 rings (SSSR count). The number of esters is 1. The lowest BCUT2D eigenvalue weighted by molar-refractivity contribution is -0.130. The van der Waals surface area contributed by atoms with Crippen molar-refractivity contribution in [1.82, 2.24) is 0 Å². The number of aliphatic imine (C=N–C) groups is 1. The van der Waals surface area contributed by atoms with Crippen LogP contribution in [0.1, 0.15) is 11.1 Å². The molecule has 0 aliphatic carbocycles. The lowest BCUT2D eigenvalue weighted by Gasteiger charge is -1.99. The second-order valence-corrected chi connectivity index (χ2v) is 4.78. The van der Waals surface area contributed by atoms with E-state index in [4.69, 9.17) is 4.74 Å². The summed E-state index contributed by atoms with van der Waals surface area (Å²) in [6.45, 7) is 0. The minimum atomic E-state index is -0.554. The van der Waals surface area contributed by atoms with Gasteiger partial charge in [0.25, 0.3) is 0 Å². The topological polar surface area (TPSA) is 38.7 Å². The van der Waals surface area contributed by atoms with E-state index in [1.807, 2.05) is 0 Å². The van der Waals surface area contributed by atoms with Crippen LogP contribution in [0.15, 0.2) is 59.2 Å². The van der Waals surface area contributed by atoms with E-state index in [-0.39, 0.29) is 23.2 Å². The van der Waals surface area contributed by atoms with Crippen molar-refractivity contribution in [2.75, 3.05) is 0 Å². The Kier molecular flexibility index (Phi) is 3.78. The number of ether oxygens (including phenoxy) is 1. The quantitative estimate of drug-likeness (QED) is 0.642. The Hall–Kier alpha value is -2.82. The summed E-state index contributed by atoms with van der Waals surface area (Å²) in [6, 6.07) is 11.6. The molecule has 0 spiro atoms. The summed E-state index contributed by atoms with van der Waals surface area (Å²) in [5, 5.41) is 0. The van der Waals surface area contributed by atoms with E-state index in [0.717, 1.165) is 5.56 Å². The Bertz CT molecular complexity index is 762. The molecule has 5 heteroatoms. The molecule has 0 radical (unpaired) electrons. The molecule has 2 aromatic carbocycles. The van der Waals surface area contributed by atoms with Crippen LogP contribution in [0.3, 0.4) is 0 Å². The van der Waals surface area contributed by atoms with Crippen molar-refractivity contribution in [2.45, 2.75) is 6.42 Å². The molecule has 110 valence electrons. The summed E-state index contributed by atoms with van der Waals surface area (Å²) in [7, 11) is 0. The van der Waals surface area contributed by atoms with Crippen LogP contribution < -0.4 is 0 Å². The molecule has 0 N–H and O–H groups in total. The van der Waals surface area contributed by atoms with Crippen LogP contribution in [0.4, 0.5) is 8.78 Å². The summed E-state index contributed by atoms with van der Waals surface area (Å²) in [5.41, 5.74) is 1.60. The SMILES string of the molecule is O=C1OC(Cc2ccc(F)cc2)=N/C1=C/c1ccc(F)cc1. The average Bonchev–Trinajstić information content (AvgIpc) is 2.84. The zero-order valence-corrected chi connectivity index (χ0v) is 11.4. The minimum absolute atomic E-state index is 0.156. The molecule has 0 bridgehead atoms. The Balaban J connectivity index is 1.79. The third-order valence-corrected chi connectivity index (χ3v) is 3.11. The standard InChI is InChI=1S/C17H11F2NO2/c18-13-5-1-11(2-6-13)9-15-17(21)22-16(20-15)10-12-3-7-14(19)8-4-12/h1-9H,10H2/b15-9+. The van der Waals surface area contributed by atoms with E-state index >= 15 is 0 Å². The van der Waals surface area contributed by atoms with Crippen LogP contribution in [0.5, 0.6) is 0 Å². The van der Waals surface area contributed by atoms with E-state index in [1.165, 1.54) is 30.3 Å². The normalized spacial score (nSPS) is 15.8. The predicted molar refractivity (Wildman–Crippen MR) is 78.0 cm³/mol. The summed E-state index contributed by atoms with van der Waals surface area (Å²) in [4.78, 5) is 15.9. The third kappa shape index (κ3) is 3.25. The maximum atomic E-state index is 12.8. The monoisotopic (exact) mass is 299 g/mol. The molecule has 0 unspecified atom stereocenters. The van der Waals surface area contributed by atoms with Gasteiger partial charge in [-0.15, -0.1) is 0 Å². The maximum absolute atomic E-state index is 12.8. The van der Waals surface area contributed by atoms with Gasteiger partial charge in [-0.1, -0.05) is 24.3 Å². The highest BCUT2D eigenvalue weighted by Crippen LogP contribution is 2.18. The molecule has 1 aliphatic rings. The van der Waals surface area contributed by atoms with Gasteiger partial charge in [-0.3, -0.25) is 0 Å². The first-order valence-corrected chi connectivity index (χ1v) is 6.61. The highest BCUT2D eigenvalue weighted by atomic mass is 19.1. The summed E-state index contributed by atoms with van der Waals surface area (Å²) < 4.78 is 30.8. The van der Waals surface area contributed by atoms with Gasteiger partial charge in [0.2, 0.25) is 5.90 Å². The Morgan fingerprint density at radius 1 is 0.955 bits per heavy atom. The predicted octanol–water partition coefficient (Wildman–Crippen LogP) is 3.50. The zero-order valence-electron chi connectivity index (χ0n) is 11.4. The van der Waals surface area contributed by atoms with Gasteiger partial charge in [-0.25, -0.2) is 18.6 Å². The number of cyclic esters (lactones) is 1. The number of benzene rings is 2. The fraction of sp³-hybridized carbons (Fsp3) is 0.0588. The van der Waals surface area contributed by atoms with E-state index < -0.39 is 5.97 Å². The molecule has 0 saturated heterocycles. The van der Waals surface area contributed by atoms with Crippen molar-refractivity contribution in [3.8, 4) is 0 Å². The molecule has 0 fully saturated rings. The number of hydrogen-bond acceptors (Lipinski definition) is 3. The lowest BCUT2D eigenvalue weighted by atomic mass is 10.1. The van der Waals surface area contributed by atoms with E-state index in [2.05, 4.69) is 4.99 Å². The second-order valence-electron chi connectivity index (χ2n) is 4.78. The number of hydrogen-bond donors (Lipinski definition) is 0. The van der Waals surface area contributed by atoms with Crippen LogP contribution in [0, 0.1) is 11.6 Å². The number of carbonyl (C=O) groups excluding carboxylic acids is 1. The van der Waals surface area contributed by atoms with Gasteiger partial charge in [0.15, 0.2) is 5.70 Å². The van der Waals surface area contributed by atoms with E-state index in [0.29, 0.717) is 12.0 Å². The van der Waals surface area contributed by atoms with Gasteiger partial charge < -0.3 is 4.74 Å². The molecule has 1 aliphatic heterocycles. The van der Waals surface area contributed by atoms with Gasteiger partial charge in [0, 0.05) is 6.42 Å². The van der Waals surface area contributed by atoms with Crippen molar-refractivity contribution >= 4 is 17.9 Å². The van der Waals surface area contributed by atoms with Crippen LogP contribution in [-0.4, -0.2) is 11.9 Å². The molecule has 1 heterocycles. The largest absolute Gasteiger partial charge is 0.406 e. The number of carbonyl (C=O) groups is 1. The van der Waals surface area contributed by atoms with Crippen LogP contribution in [-0.2, 0) is 16.0 Å². The molecular weight excluding hydrogens is 288 g/mol. The van der Waals surface area contributed by atoms with Gasteiger partial charge >= 0.3 is 5.97 Å². The lowest BCUT2D eigenvalue weighted by Crippen LogP contribution is -2.06. The van der Waals surface area contributed by atoms with Gasteiger partial charge in [0.05, 0.1) is 0 Å². The van der Waals surface area contributed by atoms with Gasteiger partial charge in [0.1, 0.15) is 11.6 Å². The fourth-order valence-electron chi connectivity index (χ4n) is 2.02. The number of rotatable bonds is 3.